The zero-order chi connectivity index (χ0) is 16.7. The first-order valence-electron chi connectivity index (χ1n) is 7.20. The minimum atomic E-state index is -0.416. The molecule has 0 spiro atoms. The van der Waals surface area contributed by atoms with Gasteiger partial charge in [0.05, 0.1) is 28.0 Å². The van der Waals surface area contributed by atoms with Crippen molar-refractivity contribution in [1.82, 2.24) is 24.4 Å². The van der Waals surface area contributed by atoms with Crippen LogP contribution in [0.1, 0.15) is 0 Å². The molecule has 8 nitrogen and oxygen atoms in total. The second kappa shape index (κ2) is 5.27. The van der Waals surface area contributed by atoms with Crippen molar-refractivity contribution in [3.63, 3.8) is 0 Å². The molecular weight excluding hydrogens is 308 g/mol. The summed E-state index contributed by atoms with van der Waals surface area (Å²) in [5.41, 5.74) is 3.78. The number of rotatable bonds is 3. The number of nitrogens with zero attached hydrogens (tertiary/aromatic N) is 6. The number of hydrogen-bond donors (Lipinski definition) is 0. The number of nitro groups is 1. The smallest absolute Gasteiger partial charge is 0.270 e. The fourth-order valence-electron chi connectivity index (χ4n) is 2.61. The average Bonchev–Trinajstić information content (AvgIpc) is 3.20. The van der Waals surface area contributed by atoms with Gasteiger partial charge in [0.25, 0.3) is 5.69 Å². The van der Waals surface area contributed by atoms with Gasteiger partial charge in [-0.2, -0.15) is 10.2 Å². The highest BCUT2D eigenvalue weighted by Gasteiger charge is 2.14. The van der Waals surface area contributed by atoms with Crippen molar-refractivity contribution in [2.45, 2.75) is 0 Å². The molecule has 24 heavy (non-hydrogen) atoms. The summed E-state index contributed by atoms with van der Waals surface area (Å²) in [4.78, 5) is 15.0. The summed E-state index contributed by atoms with van der Waals surface area (Å²) >= 11 is 0. The summed E-state index contributed by atoms with van der Waals surface area (Å²) in [6.07, 6.45) is 6.99. The Morgan fingerprint density at radius 1 is 1.21 bits per heavy atom. The number of benzene rings is 1. The highest BCUT2D eigenvalue weighted by atomic mass is 16.6. The van der Waals surface area contributed by atoms with E-state index in [1.807, 2.05) is 19.3 Å². The number of hydrogen-bond acceptors (Lipinski definition) is 5. The maximum absolute atomic E-state index is 11.0. The second-order valence-corrected chi connectivity index (χ2v) is 5.35. The molecular formula is C16H12N6O2. The molecule has 4 aromatic rings. The predicted octanol–water partition coefficient (Wildman–Crippen LogP) is 2.71. The van der Waals surface area contributed by atoms with Crippen LogP contribution in [0.25, 0.3) is 28.0 Å². The molecule has 118 valence electrons. The largest absolute Gasteiger partial charge is 0.275 e. The Bertz CT molecular complexity index is 1070. The van der Waals surface area contributed by atoms with E-state index in [0.717, 1.165) is 16.8 Å². The molecule has 3 aromatic heterocycles. The van der Waals surface area contributed by atoms with Gasteiger partial charge in [-0.1, -0.05) is 12.1 Å². The van der Waals surface area contributed by atoms with E-state index in [1.54, 1.807) is 39.9 Å². The summed E-state index contributed by atoms with van der Waals surface area (Å²) in [6.45, 7) is 0. The first kappa shape index (κ1) is 14.1. The van der Waals surface area contributed by atoms with Gasteiger partial charge >= 0.3 is 0 Å². The van der Waals surface area contributed by atoms with E-state index in [9.17, 15) is 10.1 Å². The summed E-state index contributed by atoms with van der Waals surface area (Å²) < 4.78 is 3.42. The van der Waals surface area contributed by atoms with Crippen LogP contribution in [-0.2, 0) is 7.05 Å². The van der Waals surface area contributed by atoms with Crippen molar-refractivity contribution in [2.24, 2.45) is 7.05 Å². The molecule has 0 amide bonds. The Kier molecular flexibility index (Phi) is 3.09. The van der Waals surface area contributed by atoms with Gasteiger partial charge < -0.3 is 0 Å². The number of aryl methyl sites for hydroxylation is 1. The Balaban J connectivity index is 1.89. The van der Waals surface area contributed by atoms with Crippen molar-refractivity contribution in [3.05, 3.63) is 65.2 Å². The van der Waals surface area contributed by atoms with Crippen LogP contribution in [0.2, 0.25) is 0 Å². The highest BCUT2D eigenvalue weighted by molar-refractivity contribution is 5.80. The summed E-state index contributed by atoms with van der Waals surface area (Å²) in [7, 11) is 1.84. The van der Waals surface area contributed by atoms with Crippen LogP contribution in [0.3, 0.4) is 0 Å². The quantitative estimate of drug-likeness (QED) is 0.427. The minimum Gasteiger partial charge on any atom is -0.275 e. The van der Waals surface area contributed by atoms with E-state index in [4.69, 9.17) is 0 Å². The molecule has 0 aliphatic carbocycles. The third-order valence-corrected chi connectivity index (χ3v) is 3.72. The van der Waals surface area contributed by atoms with E-state index in [1.165, 1.54) is 12.1 Å². The van der Waals surface area contributed by atoms with Gasteiger partial charge in [-0.3, -0.25) is 19.8 Å². The lowest BCUT2D eigenvalue weighted by Crippen LogP contribution is -1.93. The summed E-state index contributed by atoms with van der Waals surface area (Å²) in [5.74, 6) is 0. The maximum atomic E-state index is 11.0. The molecule has 0 N–H and O–H groups in total. The van der Waals surface area contributed by atoms with Crippen LogP contribution in [0.5, 0.6) is 0 Å². The molecule has 4 rings (SSSR count). The van der Waals surface area contributed by atoms with Crippen molar-refractivity contribution in [3.8, 4) is 22.5 Å². The van der Waals surface area contributed by atoms with E-state index in [0.29, 0.717) is 11.3 Å². The van der Waals surface area contributed by atoms with E-state index in [2.05, 4.69) is 15.2 Å². The molecule has 3 heterocycles. The van der Waals surface area contributed by atoms with Crippen LogP contribution >= 0.6 is 0 Å². The molecule has 0 saturated carbocycles. The number of aromatic nitrogens is 5. The Morgan fingerprint density at radius 2 is 2.08 bits per heavy atom. The molecule has 0 radical (unpaired) electrons. The van der Waals surface area contributed by atoms with Crippen LogP contribution in [0.4, 0.5) is 5.69 Å². The van der Waals surface area contributed by atoms with Crippen LogP contribution in [0.15, 0.2) is 55.1 Å². The number of nitro benzene ring substituents is 1. The van der Waals surface area contributed by atoms with Gasteiger partial charge in [0.1, 0.15) is 0 Å². The van der Waals surface area contributed by atoms with Crippen molar-refractivity contribution >= 4 is 11.2 Å². The molecule has 0 atom stereocenters. The second-order valence-electron chi connectivity index (χ2n) is 5.35. The van der Waals surface area contributed by atoms with Gasteiger partial charge in [0.15, 0.2) is 0 Å². The normalized spacial score (nSPS) is 11.0. The SMILES string of the molecule is Cn1cc(-c2cc3c(-c4cccc([N+](=O)[O-])c4)nccn3n2)cn1. The molecule has 1 aromatic carbocycles. The Hall–Kier alpha value is -3.55. The van der Waals surface area contributed by atoms with Crippen LogP contribution in [0, 0.1) is 10.1 Å². The predicted molar refractivity (Wildman–Crippen MR) is 87.3 cm³/mol. The lowest BCUT2D eigenvalue weighted by molar-refractivity contribution is -0.384. The van der Waals surface area contributed by atoms with Gasteiger partial charge in [-0.25, -0.2) is 4.52 Å². The van der Waals surface area contributed by atoms with E-state index in [-0.39, 0.29) is 5.69 Å². The first-order valence-corrected chi connectivity index (χ1v) is 7.20. The van der Waals surface area contributed by atoms with Crippen molar-refractivity contribution < 1.29 is 4.92 Å². The van der Waals surface area contributed by atoms with Gasteiger partial charge in [-0.15, -0.1) is 0 Å². The topological polar surface area (TPSA) is 91.1 Å². The fraction of sp³-hybridized carbons (Fsp3) is 0.0625. The van der Waals surface area contributed by atoms with Crippen LogP contribution in [-0.4, -0.2) is 29.3 Å². The molecule has 0 fully saturated rings. The Morgan fingerprint density at radius 3 is 2.83 bits per heavy atom. The molecule has 8 heteroatoms. The standard InChI is InChI=1S/C16H12N6O2/c1-20-10-12(9-18-20)14-8-15-16(17-5-6-21(15)19-14)11-3-2-4-13(7-11)22(23)24/h2-10H,1H3. The number of non-ortho nitro benzene ring substituents is 1. The zero-order valence-electron chi connectivity index (χ0n) is 12.7. The lowest BCUT2D eigenvalue weighted by Gasteiger charge is -2.02. The minimum absolute atomic E-state index is 0.0308. The van der Waals surface area contributed by atoms with Crippen LogP contribution < -0.4 is 0 Å². The van der Waals surface area contributed by atoms with Gasteiger partial charge in [-0.05, 0) is 6.07 Å². The maximum Gasteiger partial charge on any atom is 0.270 e. The molecule has 0 saturated heterocycles. The van der Waals surface area contributed by atoms with Gasteiger partial charge in [0, 0.05) is 48.9 Å². The van der Waals surface area contributed by atoms with Crippen molar-refractivity contribution in [2.75, 3.05) is 0 Å². The first-order chi connectivity index (χ1) is 11.6. The van der Waals surface area contributed by atoms with Crippen molar-refractivity contribution in [1.29, 1.82) is 0 Å². The molecule has 0 aliphatic rings. The van der Waals surface area contributed by atoms with E-state index < -0.39 is 4.92 Å². The third kappa shape index (κ3) is 2.30. The lowest BCUT2D eigenvalue weighted by atomic mass is 10.1. The zero-order valence-corrected chi connectivity index (χ0v) is 12.7. The number of fused-ring (bicyclic) bond motifs is 1. The van der Waals surface area contributed by atoms with E-state index >= 15 is 0 Å². The highest BCUT2D eigenvalue weighted by Crippen LogP contribution is 2.28. The summed E-state index contributed by atoms with van der Waals surface area (Å²) in [5, 5.41) is 19.7. The summed E-state index contributed by atoms with van der Waals surface area (Å²) in [6, 6.07) is 8.32. The molecule has 0 bridgehead atoms. The third-order valence-electron chi connectivity index (χ3n) is 3.72. The Labute approximate surface area is 136 Å². The van der Waals surface area contributed by atoms with Gasteiger partial charge in [0.2, 0.25) is 0 Å². The fourth-order valence-corrected chi connectivity index (χ4v) is 2.61. The molecule has 0 unspecified atom stereocenters. The average molecular weight is 320 g/mol. The monoisotopic (exact) mass is 320 g/mol. The molecule has 0 aliphatic heterocycles.